The van der Waals surface area contributed by atoms with Crippen LogP contribution in [0, 0.1) is 12.7 Å². The molecule has 2 rings (SSSR count). The predicted octanol–water partition coefficient (Wildman–Crippen LogP) is 2.54. The first-order valence-electron chi connectivity index (χ1n) is 4.94. The second-order valence-electron chi connectivity index (χ2n) is 3.60. The van der Waals surface area contributed by atoms with Crippen molar-refractivity contribution in [3.8, 4) is 0 Å². The molecule has 0 amide bonds. The lowest BCUT2D eigenvalue weighted by Crippen LogP contribution is -2.11. The summed E-state index contributed by atoms with van der Waals surface area (Å²) in [7, 11) is 0. The lowest BCUT2D eigenvalue weighted by Gasteiger charge is -2.05. The van der Waals surface area contributed by atoms with Crippen LogP contribution < -0.4 is 5.43 Å². The minimum absolute atomic E-state index is 0.0133. The summed E-state index contributed by atoms with van der Waals surface area (Å²) in [5.41, 5.74) is 2.15. The number of H-pyrrole nitrogens is 1. The van der Waals surface area contributed by atoms with Gasteiger partial charge in [0.25, 0.3) is 0 Å². The van der Waals surface area contributed by atoms with E-state index in [0.717, 1.165) is 17.7 Å². The summed E-state index contributed by atoms with van der Waals surface area (Å²) in [6.45, 7) is 3.75. The van der Waals surface area contributed by atoms with Crippen LogP contribution in [0.5, 0.6) is 0 Å². The first-order valence-corrected chi connectivity index (χ1v) is 4.94. The van der Waals surface area contributed by atoms with Crippen molar-refractivity contribution in [1.29, 1.82) is 0 Å². The molecule has 0 aliphatic heterocycles. The number of hydrogen-bond acceptors (Lipinski definition) is 1. The summed E-state index contributed by atoms with van der Waals surface area (Å²) >= 11 is 0. The third-order valence-corrected chi connectivity index (χ3v) is 2.66. The molecule has 0 spiro atoms. The molecule has 0 aliphatic carbocycles. The number of halogens is 1. The van der Waals surface area contributed by atoms with Crippen LogP contribution in [0.15, 0.2) is 23.0 Å². The highest BCUT2D eigenvalue weighted by Crippen LogP contribution is 2.13. The van der Waals surface area contributed by atoms with Crippen LogP contribution in [0.4, 0.5) is 4.39 Å². The highest BCUT2D eigenvalue weighted by Gasteiger charge is 2.06. The Morgan fingerprint density at radius 2 is 2.13 bits per heavy atom. The van der Waals surface area contributed by atoms with Gasteiger partial charge in [-0.2, -0.15) is 0 Å². The Labute approximate surface area is 86.8 Å². The van der Waals surface area contributed by atoms with Gasteiger partial charge in [0.1, 0.15) is 5.82 Å². The monoisotopic (exact) mass is 205 g/mol. The Balaban J connectivity index is 2.91. The Bertz CT molecular complexity index is 572. The van der Waals surface area contributed by atoms with E-state index in [0.29, 0.717) is 10.9 Å². The molecule has 1 heterocycles. The van der Waals surface area contributed by atoms with Gasteiger partial charge in [-0.1, -0.05) is 6.92 Å². The average Bonchev–Trinajstić information content (AvgIpc) is 2.23. The Morgan fingerprint density at radius 1 is 1.40 bits per heavy atom. The summed E-state index contributed by atoms with van der Waals surface area (Å²) < 4.78 is 13.0. The van der Waals surface area contributed by atoms with Gasteiger partial charge >= 0.3 is 0 Å². The molecule has 1 N–H and O–H groups in total. The molecule has 0 aliphatic rings. The molecule has 0 saturated carbocycles. The average molecular weight is 205 g/mol. The van der Waals surface area contributed by atoms with Crippen LogP contribution in [-0.4, -0.2) is 4.98 Å². The number of hydrogen-bond donors (Lipinski definition) is 1. The SMILES string of the molecule is CCc1[nH]c2cc(F)ccc2c(=O)c1C. The summed E-state index contributed by atoms with van der Waals surface area (Å²) in [6.07, 6.45) is 0.744. The first kappa shape index (κ1) is 9.90. The fourth-order valence-electron chi connectivity index (χ4n) is 1.77. The number of rotatable bonds is 1. The fraction of sp³-hybridized carbons (Fsp3) is 0.250. The van der Waals surface area contributed by atoms with Crippen LogP contribution in [-0.2, 0) is 6.42 Å². The van der Waals surface area contributed by atoms with Gasteiger partial charge in [-0.3, -0.25) is 4.79 Å². The predicted molar refractivity (Wildman–Crippen MR) is 58.6 cm³/mol. The molecular weight excluding hydrogens is 193 g/mol. The zero-order valence-corrected chi connectivity index (χ0v) is 8.73. The standard InChI is InChI=1S/C12H12FNO/c1-3-10-7(2)12(15)9-5-4-8(13)6-11(9)14-10/h4-6H,3H2,1-2H3,(H,14,15). The molecule has 15 heavy (non-hydrogen) atoms. The Hall–Kier alpha value is -1.64. The minimum Gasteiger partial charge on any atom is -0.358 e. The highest BCUT2D eigenvalue weighted by atomic mass is 19.1. The summed E-state index contributed by atoms with van der Waals surface area (Å²) in [6, 6.07) is 4.19. The zero-order valence-electron chi connectivity index (χ0n) is 8.73. The molecule has 1 aromatic carbocycles. The molecular formula is C12H12FNO. The second-order valence-corrected chi connectivity index (χ2v) is 3.60. The van der Waals surface area contributed by atoms with Crippen LogP contribution in [0.1, 0.15) is 18.2 Å². The van der Waals surface area contributed by atoms with Crippen LogP contribution in [0.3, 0.4) is 0 Å². The van der Waals surface area contributed by atoms with E-state index in [2.05, 4.69) is 4.98 Å². The molecule has 0 fully saturated rings. The smallest absolute Gasteiger partial charge is 0.192 e. The fourth-order valence-corrected chi connectivity index (χ4v) is 1.77. The van der Waals surface area contributed by atoms with Gasteiger partial charge in [-0.15, -0.1) is 0 Å². The van der Waals surface area contributed by atoms with E-state index in [1.54, 1.807) is 6.92 Å². The topological polar surface area (TPSA) is 32.9 Å². The van der Waals surface area contributed by atoms with Crippen LogP contribution in [0.25, 0.3) is 10.9 Å². The number of nitrogens with one attached hydrogen (secondary N) is 1. The number of pyridine rings is 1. The molecule has 0 radical (unpaired) electrons. The van der Waals surface area contributed by atoms with E-state index in [4.69, 9.17) is 0 Å². The number of aromatic nitrogens is 1. The maximum atomic E-state index is 13.0. The quantitative estimate of drug-likeness (QED) is 0.762. The number of fused-ring (bicyclic) bond motifs is 1. The Kier molecular flexibility index (Phi) is 2.31. The minimum atomic E-state index is -0.330. The van der Waals surface area contributed by atoms with Crippen molar-refractivity contribution in [3.63, 3.8) is 0 Å². The lowest BCUT2D eigenvalue weighted by atomic mass is 10.1. The first-order chi connectivity index (χ1) is 7.13. The van der Waals surface area contributed by atoms with Gasteiger partial charge in [0.15, 0.2) is 5.43 Å². The summed E-state index contributed by atoms with van der Waals surface area (Å²) in [5.74, 6) is -0.330. The maximum absolute atomic E-state index is 13.0. The Morgan fingerprint density at radius 3 is 2.80 bits per heavy atom. The van der Waals surface area contributed by atoms with E-state index in [-0.39, 0.29) is 11.2 Å². The van der Waals surface area contributed by atoms with Gasteiger partial charge in [0.2, 0.25) is 0 Å². The van der Waals surface area contributed by atoms with Crippen molar-refractivity contribution in [2.75, 3.05) is 0 Å². The molecule has 0 bridgehead atoms. The van der Waals surface area contributed by atoms with Crippen molar-refractivity contribution in [1.82, 2.24) is 4.98 Å². The van der Waals surface area contributed by atoms with Crippen molar-refractivity contribution < 1.29 is 4.39 Å². The largest absolute Gasteiger partial charge is 0.358 e. The van der Waals surface area contributed by atoms with Gasteiger partial charge < -0.3 is 4.98 Å². The number of aromatic amines is 1. The molecule has 2 nitrogen and oxygen atoms in total. The molecule has 0 atom stereocenters. The van der Waals surface area contributed by atoms with E-state index < -0.39 is 0 Å². The molecule has 0 saturated heterocycles. The molecule has 2 aromatic rings. The zero-order chi connectivity index (χ0) is 11.0. The number of aryl methyl sites for hydroxylation is 1. The normalized spacial score (nSPS) is 10.9. The van der Waals surface area contributed by atoms with E-state index in [1.807, 2.05) is 6.92 Å². The summed E-state index contributed by atoms with van der Waals surface area (Å²) in [4.78, 5) is 15.0. The van der Waals surface area contributed by atoms with Gasteiger partial charge in [-0.25, -0.2) is 4.39 Å². The van der Waals surface area contributed by atoms with Crippen molar-refractivity contribution in [2.45, 2.75) is 20.3 Å². The third-order valence-electron chi connectivity index (χ3n) is 2.66. The third kappa shape index (κ3) is 1.54. The van der Waals surface area contributed by atoms with Gasteiger partial charge in [0.05, 0.1) is 5.52 Å². The van der Waals surface area contributed by atoms with Crippen molar-refractivity contribution >= 4 is 10.9 Å². The lowest BCUT2D eigenvalue weighted by molar-refractivity contribution is 0.629. The second kappa shape index (κ2) is 3.50. The maximum Gasteiger partial charge on any atom is 0.192 e. The van der Waals surface area contributed by atoms with E-state index >= 15 is 0 Å². The van der Waals surface area contributed by atoms with Gasteiger partial charge in [-0.05, 0) is 31.5 Å². The van der Waals surface area contributed by atoms with Crippen molar-refractivity contribution in [3.05, 3.63) is 45.5 Å². The van der Waals surface area contributed by atoms with E-state index in [1.165, 1.54) is 18.2 Å². The molecule has 1 aromatic heterocycles. The highest BCUT2D eigenvalue weighted by molar-refractivity contribution is 5.79. The molecule has 78 valence electrons. The summed E-state index contributed by atoms with van der Waals surface area (Å²) in [5, 5.41) is 0.547. The molecule has 3 heteroatoms. The molecule has 0 unspecified atom stereocenters. The van der Waals surface area contributed by atoms with E-state index in [9.17, 15) is 9.18 Å². The van der Waals surface area contributed by atoms with Crippen LogP contribution >= 0.6 is 0 Å². The van der Waals surface area contributed by atoms with Gasteiger partial charge in [0, 0.05) is 16.6 Å². The van der Waals surface area contributed by atoms with Crippen molar-refractivity contribution in [2.24, 2.45) is 0 Å². The number of benzene rings is 1. The van der Waals surface area contributed by atoms with Crippen LogP contribution in [0.2, 0.25) is 0 Å².